The fourth-order valence-corrected chi connectivity index (χ4v) is 2.65. The number of nitrogens with zero attached hydrogens (tertiary/aromatic N) is 1. The molecular weight excluding hydrogens is 265 g/mol. The van der Waals surface area contributed by atoms with Crippen LogP contribution in [0.3, 0.4) is 0 Å². The maximum Gasteiger partial charge on any atom is 0.292 e. The number of nitrogens with two attached hydrogens (primary N) is 1. The second kappa shape index (κ2) is 5.38. The van der Waals surface area contributed by atoms with Crippen molar-refractivity contribution in [3.8, 4) is 0 Å². The van der Waals surface area contributed by atoms with Gasteiger partial charge in [0.05, 0.1) is 11.0 Å². The van der Waals surface area contributed by atoms with Crippen LogP contribution in [0.4, 0.5) is 10.1 Å². The van der Waals surface area contributed by atoms with Gasteiger partial charge in [0.2, 0.25) is 10.0 Å². The SMILES string of the molecule is C[C@H](CN)NS(=O)(=O)c1ccc(F)cc1[N+](=O)[O-]. The van der Waals surface area contributed by atoms with E-state index in [2.05, 4.69) is 4.72 Å². The average Bonchev–Trinajstić information content (AvgIpc) is 2.27. The van der Waals surface area contributed by atoms with E-state index in [1.807, 2.05) is 0 Å². The zero-order chi connectivity index (χ0) is 13.9. The minimum atomic E-state index is -4.10. The largest absolute Gasteiger partial charge is 0.329 e. The normalized spacial score (nSPS) is 13.3. The number of nitro groups is 1. The molecule has 7 nitrogen and oxygen atoms in total. The molecule has 0 saturated heterocycles. The summed E-state index contributed by atoms with van der Waals surface area (Å²) in [7, 11) is -4.10. The summed E-state index contributed by atoms with van der Waals surface area (Å²) in [6, 6.07) is 1.66. The summed E-state index contributed by atoms with van der Waals surface area (Å²) < 4.78 is 38.7. The molecular formula is C9H12FN3O4S. The highest BCUT2D eigenvalue weighted by Crippen LogP contribution is 2.24. The molecule has 1 rings (SSSR count). The smallest absolute Gasteiger partial charge is 0.292 e. The van der Waals surface area contributed by atoms with Gasteiger partial charge >= 0.3 is 0 Å². The third-order valence-electron chi connectivity index (χ3n) is 2.12. The number of sulfonamides is 1. The van der Waals surface area contributed by atoms with Crippen molar-refractivity contribution in [2.75, 3.05) is 6.54 Å². The van der Waals surface area contributed by atoms with Crippen molar-refractivity contribution in [2.24, 2.45) is 5.73 Å². The van der Waals surface area contributed by atoms with Gasteiger partial charge in [0.15, 0.2) is 4.90 Å². The Morgan fingerprint density at radius 3 is 2.67 bits per heavy atom. The van der Waals surface area contributed by atoms with Crippen molar-refractivity contribution in [3.05, 3.63) is 34.1 Å². The lowest BCUT2D eigenvalue weighted by atomic mass is 10.3. The molecule has 0 aliphatic carbocycles. The number of halogens is 1. The first-order valence-corrected chi connectivity index (χ1v) is 6.42. The maximum absolute atomic E-state index is 12.9. The number of rotatable bonds is 5. The van der Waals surface area contributed by atoms with Crippen LogP contribution in [-0.2, 0) is 10.0 Å². The van der Waals surface area contributed by atoms with Gasteiger partial charge in [-0.1, -0.05) is 0 Å². The van der Waals surface area contributed by atoms with E-state index < -0.39 is 37.4 Å². The number of nitrogens with one attached hydrogen (secondary N) is 1. The molecule has 100 valence electrons. The van der Waals surface area contributed by atoms with Gasteiger partial charge in [-0.25, -0.2) is 17.5 Å². The van der Waals surface area contributed by atoms with Crippen LogP contribution in [-0.4, -0.2) is 25.9 Å². The third-order valence-corrected chi connectivity index (χ3v) is 3.75. The first-order valence-electron chi connectivity index (χ1n) is 4.94. The highest BCUT2D eigenvalue weighted by atomic mass is 32.2. The van der Waals surface area contributed by atoms with E-state index in [4.69, 9.17) is 5.73 Å². The summed E-state index contributed by atoms with van der Waals surface area (Å²) >= 11 is 0. The molecule has 0 bridgehead atoms. The van der Waals surface area contributed by atoms with E-state index in [1.165, 1.54) is 6.92 Å². The molecule has 0 fully saturated rings. The second-order valence-electron chi connectivity index (χ2n) is 3.63. The summed E-state index contributed by atoms with van der Waals surface area (Å²) in [6.07, 6.45) is 0. The predicted octanol–water partition coefficient (Wildman–Crippen LogP) is 0.359. The minimum absolute atomic E-state index is 0.0359. The lowest BCUT2D eigenvalue weighted by Gasteiger charge is -2.11. The molecule has 0 spiro atoms. The summed E-state index contributed by atoms with van der Waals surface area (Å²) in [5, 5.41) is 10.7. The van der Waals surface area contributed by atoms with Crippen molar-refractivity contribution in [1.82, 2.24) is 4.72 Å². The number of nitro benzene ring substituents is 1. The second-order valence-corrected chi connectivity index (χ2v) is 5.31. The lowest BCUT2D eigenvalue weighted by Crippen LogP contribution is -2.37. The molecule has 0 saturated carbocycles. The topological polar surface area (TPSA) is 115 Å². The van der Waals surface area contributed by atoms with Crippen LogP contribution in [0.2, 0.25) is 0 Å². The van der Waals surface area contributed by atoms with E-state index in [9.17, 15) is 22.9 Å². The van der Waals surface area contributed by atoms with E-state index in [0.29, 0.717) is 6.07 Å². The summed E-state index contributed by atoms with van der Waals surface area (Å²) in [6.45, 7) is 1.54. The van der Waals surface area contributed by atoms with E-state index in [1.54, 1.807) is 0 Å². The molecule has 0 aromatic heterocycles. The van der Waals surface area contributed by atoms with Gasteiger partial charge in [-0.05, 0) is 19.1 Å². The summed E-state index contributed by atoms with van der Waals surface area (Å²) in [5.41, 5.74) is 4.45. The molecule has 1 atom stereocenters. The van der Waals surface area contributed by atoms with Crippen LogP contribution in [0.25, 0.3) is 0 Å². The van der Waals surface area contributed by atoms with Crippen molar-refractivity contribution < 1.29 is 17.7 Å². The van der Waals surface area contributed by atoms with Gasteiger partial charge in [0.25, 0.3) is 5.69 Å². The summed E-state index contributed by atoms with van der Waals surface area (Å²) in [4.78, 5) is 9.16. The van der Waals surface area contributed by atoms with Crippen LogP contribution < -0.4 is 10.5 Å². The zero-order valence-electron chi connectivity index (χ0n) is 9.46. The Morgan fingerprint density at radius 2 is 2.17 bits per heavy atom. The molecule has 0 amide bonds. The zero-order valence-corrected chi connectivity index (χ0v) is 10.3. The number of hydrogen-bond donors (Lipinski definition) is 2. The van der Waals surface area contributed by atoms with Gasteiger partial charge in [0.1, 0.15) is 5.82 Å². The molecule has 0 unspecified atom stereocenters. The molecule has 0 aliphatic rings. The van der Waals surface area contributed by atoms with Crippen LogP contribution >= 0.6 is 0 Å². The fourth-order valence-electron chi connectivity index (χ4n) is 1.24. The lowest BCUT2D eigenvalue weighted by molar-refractivity contribution is -0.388. The third kappa shape index (κ3) is 3.22. The van der Waals surface area contributed by atoms with Crippen molar-refractivity contribution in [3.63, 3.8) is 0 Å². The molecule has 0 radical (unpaired) electrons. The van der Waals surface area contributed by atoms with Crippen molar-refractivity contribution in [2.45, 2.75) is 17.9 Å². The Balaban J connectivity index is 3.28. The monoisotopic (exact) mass is 277 g/mol. The Morgan fingerprint density at radius 1 is 1.56 bits per heavy atom. The molecule has 3 N–H and O–H groups in total. The van der Waals surface area contributed by atoms with Crippen LogP contribution in [0, 0.1) is 15.9 Å². The van der Waals surface area contributed by atoms with E-state index >= 15 is 0 Å². The Labute approximate surface area is 103 Å². The standard InChI is InChI=1S/C9H12FN3O4S/c1-6(5-11)12-18(16,17)9-3-2-7(10)4-8(9)13(14)15/h2-4,6,12H,5,11H2,1H3/t6-/m1/s1. The van der Waals surface area contributed by atoms with Gasteiger partial charge in [0, 0.05) is 12.6 Å². The highest BCUT2D eigenvalue weighted by molar-refractivity contribution is 7.89. The molecule has 9 heteroatoms. The Kier molecular flexibility index (Phi) is 4.33. The molecule has 0 heterocycles. The summed E-state index contributed by atoms with van der Waals surface area (Å²) in [5.74, 6) is -0.882. The van der Waals surface area contributed by atoms with Crippen LogP contribution in [0.15, 0.2) is 23.1 Å². The van der Waals surface area contributed by atoms with E-state index in [0.717, 1.165) is 12.1 Å². The van der Waals surface area contributed by atoms with Gasteiger partial charge in [-0.3, -0.25) is 10.1 Å². The minimum Gasteiger partial charge on any atom is -0.329 e. The first kappa shape index (κ1) is 14.5. The van der Waals surface area contributed by atoms with Gasteiger partial charge < -0.3 is 5.73 Å². The Bertz CT molecular complexity index is 561. The van der Waals surface area contributed by atoms with E-state index in [-0.39, 0.29) is 6.54 Å². The number of hydrogen-bond acceptors (Lipinski definition) is 5. The van der Waals surface area contributed by atoms with Gasteiger partial charge in [-0.2, -0.15) is 0 Å². The fraction of sp³-hybridized carbons (Fsp3) is 0.333. The molecule has 18 heavy (non-hydrogen) atoms. The van der Waals surface area contributed by atoms with Crippen LogP contribution in [0.5, 0.6) is 0 Å². The Hall–Kier alpha value is -1.58. The molecule has 1 aromatic rings. The van der Waals surface area contributed by atoms with Crippen LogP contribution in [0.1, 0.15) is 6.92 Å². The molecule has 1 aromatic carbocycles. The van der Waals surface area contributed by atoms with Gasteiger partial charge in [-0.15, -0.1) is 0 Å². The predicted molar refractivity (Wildman–Crippen MR) is 61.9 cm³/mol. The highest BCUT2D eigenvalue weighted by Gasteiger charge is 2.27. The van der Waals surface area contributed by atoms with Crippen molar-refractivity contribution >= 4 is 15.7 Å². The van der Waals surface area contributed by atoms with Crippen molar-refractivity contribution in [1.29, 1.82) is 0 Å². The maximum atomic E-state index is 12.9. The first-order chi connectivity index (χ1) is 8.27. The number of benzene rings is 1. The molecule has 0 aliphatic heterocycles. The quantitative estimate of drug-likeness (QED) is 0.595. The average molecular weight is 277 g/mol.